The molecule has 13 heteroatoms. The molecule has 1 amide bonds. The van der Waals surface area contributed by atoms with Crippen LogP contribution in [-0.4, -0.2) is 26.6 Å². The van der Waals surface area contributed by atoms with Crippen LogP contribution in [0.15, 0.2) is 83.8 Å². The minimum Gasteiger partial charge on any atom is -0.394 e. The topological polar surface area (TPSA) is 139 Å². The van der Waals surface area contributed by atoms with Crippen molar-refractivity contribution in [2.75, 3.05) is 10.6 Å². The fourth-order valence-corrected chi connectivity index (χ4v) is 5.27. The number of halogens is 4. The Bertz CT molecular complexity index is 1900. The summed E-state index contributed by atoms with van der Waals surface area (Å²) in [7, 11) is 0. The van der Waals surface area contributed by atoms with Crippen LogP contribution in [0.1, 0.15) is 43.4 Å². The number of pyridine rings is 1. The van der Waals surface area contributed by atoms with Gasteiger partial charge in [-0.2, -0.15) is 18.4 Å². The van der Waals surface area contributed by atoms with E-state index in [0.29, 0.717) is 58.6 Å². The van der Waals surface area contributed by atoms with E-state index in [1.807, 2.05) is 37.3 Å². The zero-order valence-electron chi connectivity index (χ0n) is 23.9. The molecule has 230 valence electrons. The average molecular weight is 634 g/mol. The van der Waals surface area contributed by atoms with Crippen LogP contribution in [0.2, 0.25) is 5.02 Å². The molecule has 2 aromatic carbocycles. The molecule has 0 radical (unpaired) electrons. The molecule has 2 bridgehead atoms. The van der Waals surface area contributed by atoms with Crippen LogP contribution in [0.25, 0.3) is 22.5 Å². The van der Waals surface area contributed by atoms with Gasteiger partial charge in [0.05, 0.1) is 35.0 Å². The number of alkyl halides is 3. The van der Waals surface area contributed by atoms with E-state index in [4.69, 9.17) is 17.3 Å². The quantitative estimate of drug-likeness (QED) is 0.230. The van der Waals surface area contributed by atoms with Crippen molar-refractivity contribution in [1.29, 1.82) is 5.26 Å². The predicted octanol–water partition coefficient (Wildman–Crippen LogP) is 6.62. The second-order valence-electron chi connectivity index (χ2n) is 10.6. The van der Waals surface area contributed by atoms with Crippen molar-refractivity contribution in [3.05, 3.63) is 106 Å². The Morgan fingerprint density at radius 1 is 1.16 bits per heavy atom. The maximum Gasteiger partial charge on any atom is 0.432 e. The maximum atomic E-state index is 13.6. The largest absolute Gasteiger partial charge is 0.432 e. The van der Waals surface area contributed by atoms with E-state index in [1.165, 1.54) is 41.4 Å². The Morgan fingerprint density at radius 3 is 2.69 bits per heavy atom. The van der Waals surface area contributed by atoms with Gasteiger partial charge in [-0.15, -0.1) is 0 Å². The van der Waals surface area contributed by atoms with Crippen molar-refractivity contribution >= 4 is 28.9 Å². The smallest absolute Gasteiger partial charge is 0.394 e. The number of carbonyl (C=O) groups is 1. The summed E-state index contributed by atoms with van der Waals surface area (Å²) in [5, 5.41) is 15.1. The van der Waals surface area contributed by atoms with Crippen LogP contribution in [0.5, 0.6) is 0 Å². The van der Waals surface area contributed by atoms with Crippen LogP contribution < -0.4 is 21.9 Å². The van der Waals surface area contributed by atoms with Crippen molar-refractivity contribution in [1.82, 2.24) is 14.5 Å². The molecule has 1 aliphatic rings. The maximum absolute atomic E-state index is 13.6. The molecule has 45 heavy (non-hydrogen) atoms. The summed E-state index contributed by atoms with van der Waals surface area (Å²) >= 11 is 6.19. The Kier molecular flexibility index (Phi) is 8.92. The summed E-state index contributed by atoms with van der Waals surface area (Å²) < 4.78 is 40.3. The molecule has 2 aromatic heterocycles. The second-order valence-corrected chi connectivity index (χ2v) is 11.1. The Hall–Kier alpha value is -5.15. The number of hydrogen-bond acceptors (Lipinski definition) is 7. The Labute approximate surface area is 261 Å². The molecule has 5 rings (SSSR count). The SMILES string of the molecule is CC1CCCC(n2cnc(-c3cc(Cl)ccc3N/C=C(\N)C(F)(F)F)cc2=O)c2cccc(c2)-c2ncc(C#N)cc2NC1=O. The van der Waals surface area contributed by atoms with Crippen molar-refractivity contribution in [3.8, 4) is 28.6 Å². The third kappa shape index (κ3) is 6.99. The first-order valence-electron chi connectivity index (χ1n) is 13.9. The van der Waals surface area contributed by atoms with Crippen molar-refractivity contribution in [3.63, 3.8) is 0 Å². The lowest BCUT2D eigenvalue weighted by atomic mass is 9.93. The Balaban J connectivity index is 1.56. The minimum atomic E-state index is -4.72. The van der Waals surface area contributed by atoms with Gasteiger partial charge in [0.2, 0.25) is 5.91 Å². The van der Waals surface area contributed by atoms with Gasteiger partial charge in [0.15, 0.2) is 0 Å². The first kappa shape index (κ1) is 31.3. The van der Waals surface area contributed by atoms with E-state index in [1.54, 1.807) is 6.07 Å². The third-order valence-electron chi connectivity index (χ3n) is 7.52. The van der Waals surface area contributed by atoms with Gasteiger partial charge in [-0.3, -0.25) is 19.1 Å². The fraction of sp³-hybridized carbons (Fsp3) is 0.219. The lowest BCUT2D eigenvalue weighted by Gasteiger charge is -2.23. The molecule has 0 saturated carbocycles. The Morgan fingerprint density at radius 2 is 1.96 bits per heavy atom. The van der Waals surface area contributed by atoms with Crippen LogP contribution in [0.3, 0.4) is 0 Å². The molecule has 0 spiro atoms. The number of nitrogens with one attached hydrogen (secondary N) is 2. The first-order valence-corrected chi connectivity index (χ1v) is 14.3. The minimum absolute atomic E-state index is 0.193. The van der Waals surface area contributed by atoms with E-state index in [0.717, 1.165) is 5.56 Å². The monoisotopic (exact) mass is 633 g/mol. The second kappa shape index (κ2) is 12.8. The highest BCUT2D eigenvalue weighted by Crippen LogP contribution is 2.34. The number of allylic oxidation sites excluding steroid dienone is 1. The van der Waals surface area contributed by atoms with Crippen LogP contribution in [0.4, 0.5) is 24.5 Å². The third-order valence-corrected chi connectivity index (χ3v) is 7.76. The lowest BCUT2D eigenvalue weighted by Crippen LogP contribution is -2.26. The van der Waals surface area contributed by atoms with Gasteiger partial charge in [-0.25, -0.2) is 4.98 Å². The van der Waals surface area contributed by atoms with E-state index in [2.05, 4.69) is 20.6 Å². The summed E-state index contributed by atoms with van der Waals surface area (Å²) in [6.07, 6.45) is 0.396. The molecule has 0 fully saturated rings. The average Bonchev–Trinajstić information content (AvgIpc) is 3.01. The number of nitrogens with two attached hydrogens (primary N) is 1. The van der Waals surface area contributed by atoms with Gasteiger partial charge >= 0.3 is 6.18 Å². The molecule has 2 atom stereocenters. The normalized spacial score (nSPS) is 17.2. The zero-order chi connectivity index (χ0) is 32.3. The van der Waals surface area contributed by atoms with Crippen molar-refractivity contribution in [2.24, 2.45) is 11.7 Å². The highest BCUT2D eigenvalue weighted by Gasteiger charge is 2.31. The molecular weight excluding hydrogens is 607 g/mol. The molecule has 1 aliphatic heterocycles. The van der Waals surface area contributed by atoms with E-state index in [9.17, 15) is 28.0 Å². The number of rotatable bonds is 4. The first-order chi connectivity index (χ1) is 21.4. The summed E-state index contributed by atoms with van der Waals surface area (Å²) in [4.78, 5) is 35.6. The molecule has 0 aliphatic carbocycles. The van der Waals surface area contributed by atoms with Crippen molar-refractivity contribution < 1.29 is 18.0 Å². The number of nitriles is 1. The number of fused-ring (bicyclic) bond motifs is 4. The number of hydrogen-bond donors (Lipinski definition) is 3. The summed E-state index contributed by atoms with van der Waals surface area (Å²) in [5.74, 6) is -0.559. The van der Waals surface area contributed by atoms with Crippen LogP contribution in [-0.2, 0) is 4.79 Å². The van der Waals surface area contributed by atoms with Gasteiger partial charge in [0.25, 0.3) is 5.56 Å². The molecule has 0 saturated heterocycles. The van der Waals surface area contributed by atoms with Gasteiger partial charge in [0.1, 0.15) is 11.8 Å². The highest BCUT2D eigenvalue weighted by atomic mass is 35.5. The fourth-order valence-electron chi connectivity index (χ4n) is 5.10. The number of anilines is 2. The molecule has 2 unspecified atom stereocenters. The van der Waals surface area contributed by atoms with Gasteiger partial charge in [0, 0.05) is 46.2 Å². The zero-order valence-corrected chi connectivity index (χ0v) is 24.7. The molecule has 4 N–H and O–H groups in total. The summed E-state index contributed by atoms with van der Waals surface area (Å²) in [6, 6.07) is 16.3. The number of benzene rings is 2. The highest BCUT2D eigenvalue weighted by molar-refractivity contribution is 6.31. The molecular formula is C32H27ClF3N7O2. The van der Waals surface area contributed by atoms with Crippen LogP contribution >= 0.6 is 11.6 Å². The summed E-state index contributed by atoms with van der Waals surface area (Å²) in [5.41, 5.74) is 6.81. The van der Waals surface area contributed by atoms with Gasteiger partial charge in [-0.05, 0) is 48.7 Å². The van der Waals surface area contributed by atoms with Crippen LogP contribution in [0, 0.1) is 17.2 Å². The molecule has 4 aromatic rings. The van der Waals surface area contributed by atoms with E-state index in [-0.39, 0.29) is 23.2 Å². The summed E-state index contributed by atoms with van der Waals surface area (Å²) in [6.45, 7) is 1.81. The number of amides is 1. The molecule has 9 nitrogen and oxygen atoms in total. The number of nitrogens with zero attached hydrogens (tertiary/aromatic N) is 4. The van der Waals surface area contributed by atoms with E-state index >= 15 is 0 Å². The van der Waals surface area contributed by atoms with Crippen molar-refractivity contribution in [2.45, 2.75) is 38.4 Å². The standard InChI is InChI=1S/C32H27ClF3N7O2/c1-18-4-2-7-27(20-5-3-6-21(11-20)30-26(42-31(18)45)10-19(14-37)15-40-30)43-17-41-25(13-29(43)44)23-12-22(33)8-9-24(23)39-16-28(38)32(34,35)36/h3,5-6,8-13,15-18,27,39H,2,4,7,38H2,1H3,(H,42,45)/b28-16-. The number of aromatic nitrogens is 3. The van der Waals surface area contributed by atoms with E-state index < -0.39 is 23.5 Å². The number of carbonyl (C=O) groups excluding carboxylic acids is 1. The van der Waals surface area contributed by atoms with Gasteiger partial charge in [-0.1, -0.05) is 43.1 Å². The predicted molar refractivity (Wildman–Crippen MR) is 165 cm³/mol. The molecule has 3 heterocycles. The lowest BCUT2D eigenvalue weighted by molar-refractivity contribution is -0.119. The van der Waals surface area contributed by atoms with Gasteiger partial charge < -0.3 is 16.4 Å².